The average molecular weight is 178 g/mol. The highest BCUT2D eigenvalue weighted by molar-refractivity contribution is 5.74. The topological polar surface area (TPSA) is 76.7 Å². The molecule has 0 fully saturated rings. The summed E-state index contributed by atoms with van der Waals surface area (Å²) in [7, 11) is 1.68. The van der Waals surface area contributed by atoms with Gasteiger partial charge in [-0.25, -0.2) is 9.78 Å². The Bertz CT molecular complexity index is 496. The second kappa shape index (κ2) is 2.70. The van der Waals surface area contributed by atoms with Gasteiger partial charge in [0.1, 0.15) is 0 Å². The van der Waals surface area contributed by atoms with E-state index >= 15 is 0 Å². The molecule has 0 saturated heterocycles. The SMILES string of the molecule is Cn1c(=O)[nH]c2c(CN)ccnc21. The Kier molecular flexibility index (Phi) is 1.66. The first kappa shape index (κ1) is 8.00. The molecule has 0 saturated carbocycles. The molecule has 0 radical (unpaired) electrons. The molecule has 0 unspecified atom stereocenters. The summed E-state index contributed by atoms with van der Waals surface area (Å²) in [4.78, 5) is 18.0. The zero-order chi connectivity index (χ0) is 9.42. The summed E-state index contributed by atoms with van der Waals surface area (Å²) >= 11 is 0. The van der Waals surface area contributed by atoms with E-state index in [9.17, 15) is 4.79 Å². The number of hydrogen-bond donors (Lipinski definition) is 2. The number of aromatic nitrogens is 3. The van der Waals surface area contributed by atoms with E-state index in [2.05, 4.69) is 9.97 Å². The molecule has 68 valence electrons. The lowest BCUT2D eigenvalue weighted by atomic mass is 10.2. The summed E-state index contributed by atoms with van der Waals surface area (Å²) < 4.78 is 1.47. The van der Waals surface area contributed by atoms with Crippen LogP contribution in [-0.2, 0) is 13.6 Å². The van der Waals surface area contributed by atoms with Gasteiger partial charge in [-0.2, -0.15) is 0 Å². The van der Waals surface area contributed by atoms with Crippen LogP contribution in [0.15, 0.2) is 17.1 Å². The second-order valence-corrected chi connectivity index (χ2v) is 2.86. The molecule has 5 nitrogen and oxygen atoms in total. The van der Waals surface area contributed by atoms with Crippen molar-refractivity contribution < 1.29 is 0 Å². The van der Waals surface area contributed by atoms with Gasteiger partial charge in [0.2, 0.25) is 0 Å². The largest absolute Gasteiger partial charge is 0.327 e. The summed E-state index contributed by atoms with van der Waals surface area (Å²) in [6.07, 6.45) is 1.65. The predicted molar refractivity (Wildman–Crippen MR) is 49.2 cm³/mol. The van der Waals surface area contributed by atoms with E-state index in [1.54, 1.807) is 19.3 Å². The molecule has 0 aliphatic carbocycles. The monoisotopic (exact) mass is 178 g/mol. The molecule has 2 aromatic heterocycles. The molecule has 0 bridgehead atoms. The van der Waals surface area contributed by atoms with Crippen LogP contribution in [0.4, 0.5) is 0 Å². The highest BCUT2D eigenvalue weighted by atomic mass is 16.1. The molecule has 0 aliphatic heterocycles. The number of rotatable bonds is 1. The summed E-state index contributed by atoms with van der Waals surface area (Å²) in [5.41, 5.74) is 7.64. The highest BCUT2D eigenvalue weighted by Crippen LogP contribution is 2.10. The zero-order valence-electron chi connectivity index (χ0n) is 7.24. The zero-order valence-corrected chi connectivity index (χ0v) is 7.24. The Balaban J connectivity index is 2.92. The van der Waals surface area contributed by atoms with E-state index in [1.807, 2.05) is 0 Å². The number of fused-ring (bicyclic) bond motifs is 1. The third-order valence-corrected chi connectivity index (χ3v) is 2.09. The molecule has 0 spiro atoms. The number of imidazole rings is 1. The maximum absolute atomic E-state index is 11.2. The third-order valence-electron chi connectivity index (χ3n) is 2.09. The fourth-order valence-corrected chi connectivity index (χ4v) is 1.34. The van der Waals surface area contributed by atoms with Crippen molar-refractivity contribution in [1.29, 1.82) is 0 Å². The van der Waals surface area contributed by atoms with Gasteiger partial charge in [0.15, 0.2) is 5.65 Å². The minimum atomic E-state index is -0.164. The van der Waals surface area contributed by atoms with Crippen molar-refractivity contribution in [2.24, 2.45) is 12.8 Å². The third kappa shape index (κ3) is 1.05. The Hall–Kier alpha value is -1.62. The first-order valence-electron chi connectivity index (χ1n) is 3.96. The molecule has 0 atom stereocenters. The van der Waals surface area contributed by atoms with E-state index in [0.29, 0.717) is 12.2 Å². The van der Waals surface area contributed by atoms with E-state index in [4.69, 9.17) is 5.73 Å². The van der Waals surface area contributed by atoms with Crippen molar-refractivity contribution >= 4 is 11.2 Å². The van der Waals surface area contributed by atoms with E-state index in [1.165, 1.54) is 4.57 Å². The standard InChI is InChI=1S/C8H10N4O/c1-12-7-6(11-8(12)13)5(4-9)2-3-10-7/h2-3H,4,9H2,1H3,(H,11,13). The van der Waals surface area contributed by atoms with E-state index in [-0.39, 0.29) is 5.69 Å². The number of nitrogens with two attached hydrogens (primary N) is 1. The number of hydrogen-bond acceptors (Lipinski definition) is 3. The van der Waals surface area contributed by atoms with Crippen LogP contribution < -0.4 is 11.4 Å². The molecule has 0 amide bonds. The Morgan fingerprint density at radius 3 is 3.15 bits per heavy atom. The van der Waals surface area contributed by atoms with Gasteiger partial charge in [0.05, 0.1) is 5.52 Å². The summed E-state index contributed by atoms with van der Waals surface area (Å²) in [6.45, 7) is 0.402. The van der Waals surface area contributed by atoms with Gasteiger partial charge in [0.25, 0.3) is 0 Å². The molecule has 2 heterocycles. The molecular formula is C8H10N4O. The smallest absolute Gasteiger partial charge is 0.326 e. The molecule has 3 N–H and O–H groups in total. The van der Waals surface area contributed by atoms with Crippen molar-refractivity contribution in [3.8, 4) is 0 Å². The van der Waals surface area contributed by atoms with Crippen LogP contribution in [-0.4, -0.2) is 14.5 Å². The van der Waals surface area contributed by atoms with Gasteiger partial charge in [-0.3, -0.25) is 4.57 Å². The van der Waals surface area contributed by atoms with Gasteiger partial charge in [0, 0.05) is 19.8 Å². The molecule has 5 heteroatoms. The molecule has 2 aromatic rings. The van der Waals surface area contributed by atoms with Crippen molar-refractivity contribution in [2.75, 3.05) is 0 Å². The summed E-state index contributed by atoms with van der Waals surface area (Å²) in [5, 5.41) is 0. The van der Waals surface area contributed by atoms with Crippen LogP contribution in [0, 0.1) is 0 Å². The van der Waals surface area contributed by atoms with Gasteiger partial charge in [-0.15, -0.1) is 0 Å². The lowest BCUT2D eigenvalue weighted by Gasteiger charge is -1.97. The molecule has 13 heavy (non-hydrogen) atoms. The summed E-state index contributed by atoms with van der Waals surface area (Å²) in [5.74, 6) is 0. The lowest BCUT2D eigenvalue weighted by Crippen LogP contribution is -2.12. The van der Waals surface area contributed by atoms with E-state index < -0.39 is 0 Å². The number of aryl methyl sites for hydroxylation is 1. The van der Waals surface area contributed by atoms with Crippen LogP contribution in [0.2, 0.25) is 0 Å². The molecule has 2 rings (SSSR count). The van der Waals surface area contributed by atoms with E-state index in [0.717, 1.165) is 11.1 Å². The fraction of sp³-hybridized carbons (Fsp3) is 0.250. The van der Waals surface area contributed by atoms with Crippen LogP contribution in [0.3, 0.4) is 0 Å². The highest BCUT2D eigenvalue weighted by Gasteiger charge is 2.06. The minimum absolute atomic E-state index is 0.164. The number of aromatic amines is 1. The Morgan fingerprint density at radius 2 is 2.46 bits per heavy atom. The van der Waals surface area contributed by atoms with Crippen LogP contribution >= 0.6 is 0 Å². The molecule has 0 aliphatic rings. The fourth-order valence-electron chi connectivity index (χ4n) is 1.34. The maximum Gasteiger partial charge on any atom is 0.327 e. The first-order valence-corrected chi connectivity index (χ1v) is 3.96. The number of H-pyrrole nitrogens is 1. The average Bonchev–Trinajstić information content (AvgIpc) is 2.43. The predicted octanol–water partition coefficient (Wildman–Crippen LogP) is -0.280. The van der Waals surface area contributed by atoms with Gasteiger partial charge < -0.3 is 10.7 Å². The summed E-state index contributed by atoms with van der Waals surface area (Å²) in [6, 6.07) is 1.80. The normalized spacial score (nSPS) is 10.9. The van der Waals surface area contributed by atoms with Crippen LogP contribution in [0.1, 0.15) is 5.56 Å². The first-order chi connectivity index (χ1) is 6.24. The number of pyridine rings is 1. The van der Waals surface area contributed by atoms with Crippen molar-refractivity contribution in [1.82, 2.24) is 14.5 Å². The number of nitrogens with one attached hydrogen (secondary N) is 1. The van der Waals surface area contributed by atoms with Crippen LogP contribution in [0.5, 0.6) is 0 Å². The molecular weight excluding hydrogens is 168 g/mol. The van der Waals surface area contributed by atoms with Gasteiger partial charge >= 0.3 is 5.69 Å². The lowest BCUT2D eigenvalue weighted by molar-refractivity contribution is 0.879. The van der Waals surface area contributed by atoms with Crippen LogP contribution in [0.25, 0.3) is 11.2 Å². The van der Waals surface area contributed by atoms with Crippen molar-refractivity contribution in [3.05, 3.63) is 28.3 Å². The maximum atomic E-state index is 11.2. The quantitative estimate of drug-likeness (QED) is 0.630. The number of nitrogens with zero attached hydrogens (tertiary/aromatic N) is 2. The minimum Gasteiger partial charge on any atom is -0.326 e. The molecule has 0 aromatic carbocycles. The van der Waals surface area contributed by atoms with Gasteiger partial charge in [-0.05, 0) is 11.6 Å². The van der Waals surface area contributed by atoms with Gasteiger partial charge in [-0.1, -0.05) is 0 Å². The Morgan fingerprint density at radius 1 is 1.69 bits per heavy atom. The second-order valence-electron chi connectivity index (χ2n) is 2.86. The Labute approximate surface area is 74.2 Å². The van der Waals surface area contributed by atoms with Crippen molar-refractivity contribution in [3.63, 3.8) is 0 Å². The van der Waals surface area contributed by atoms with Crippen molar-refractivity contribution in [2.45, 2.75) is 6.54 Å².